The zero-order valence-electron chi connectivity index (χ0n) is 29.7. The highest BCUT2D eigenvalue weighted by atomic mass is 32.3. The number of rotatable bonds is 25. The number of ether oxygens (including phenoxy) is 2. The molecule has 0 saturated heterocycles. The van der Waals surface area contributed by atoms with Gasteiger partial charge in [-0.25, -0.2) is 4.18 Å². The lowest BCUT2D eigenvalue weighted by Crippen LogP contribution is -2.52. The predicted octanol–water partition coefficient (Wildman–Crippen LogP) is 3.01. The summed E-state index contributed by atoms with van der Waals surface area (Å²) in [6, 6.07) is 14.7. The van der Waals surface area contributed by atoms with Gasteiger partial charge in [0.05, 0.1) is 12.0 Å². The number of aliphatic carboxylic acids is 1. The van der Waals surface area contributed by atoms with E-state index in [4.69, 9.17) is 14.6 Å². The quantitative estimate of drug-likeness (QED) is 0.0486. The maximum Gasteiger partial charge on any atom is 0.397 e. The number of nitrogens with zero attached hydrogens (tertiary/aromatic N) is 1. The molecule has 16 nitrogen and oxygen atoms in total. The van der Waals surface area contributed by atoms with E-state index in [0.29, 0.717) is 30.8 Å². The number of carboxylic acids is 1. The third-order valence-electron chi connectivity index (χ3n) is 8.09. The fraction of sp³-hybridized carbons (Fsp3) is 0.543. The van der Waals surface area contributed by atoms with Crippen LogP contribution in [0.5, 0.6) is 5.75 Å². The average Bonchev–Trinajstić information content (AvgIpc) is 3.12. The third kappa shape index (κ3) is 16.0. The fourth-order valence-electron chi connectivity index (χ4n) is 5.02. The summed E-state index contributed by atoms with van der Waals surface area (Å²) >= 11 is 0. The molecular formula is C35H51N3O13S. The summed E-state index contributed by atoms with van der Waals surface area (Å²) in [4.78, 5) is 50.8. The van der Waals surface area contributed by atoms with Crippen LogP contribution in [0.4, 0.5) is 5.69 Å². The number of benzene rings is 2. The standard InChI is InChI=1S/C35H51N3O13S/c1-4-5-15-29(40)38(22-12-7-6-11-21-36-33(43)25-13-9-8-10-14-25)23-20-28(39)37-26-16-18-27(19-17-26)50-35(49-3)32(51-52(46,47)48)31(42)30(41)24(2)34(44)45/h8-10,13-14,16-19,24,30-32,35,41-42H,4-7,11-12,15,20-23H2,1-3H3,(H,36,43)(H,37,39)(H,44,45)(H,46,47,48). The van der Waals surface area contributed by atoms with Crippen LogP contribution in [0.25, 0.3) is 0 Å². The third-order valence-corrected chi connectivity index (χ3v) is 8.56. The molecule has 5 unspecified atom stereocenters. The molecule has 0 aliphatic heterocycles. The van der Waals surface area contributed by atoms with Gasteiger partial charge in [0.1, 0.15) is 11.9 Å². The van der Waals surface area contributed by atoms with E-state index in [0.717, 1.165) is 52.6 Å². The molecule has 2 aromatic rings. The van der Waals surface area contributed by atoms with Gasteiger partial charge < -0.3 is 40.3 Å². The summed E-state index contributed by atoms with van der Waals surface area (Å²) in [6.45, 7) is 4.34. The molecule has 290 valence electrons. The van der Waals surface area contributed by atoms with E-state index in [-0.39, 0.29) is 36.4 Å². The highest BCUT2D eigenvalue weighted by molar-refractivity contribution is 7.80. The lowest BCUT2D eigenvalue weighted by Gasteiger charge is -2.32. The summed E-state index contributed by atoms with van der Waals surface area (Å²) < 4.78 is 47.3. The predicted molar refractivity (Wildman–Crippen MR) is 190 cm³/mol. The zero-order valence-corrected chi connectivity index (χ0v) is 30.5. The maximum atomic E-state index is 12.9. The second-order valence-electron chi connectivity index (χ2n) is 12.2. The highest BCUT2D eigenvalue weighted by Crippen LogP contribution is 2.23. The van der Waals surface area contributed by atoms with E-state index in [1.165, 1.54) is 24.3 Å². The van der Waals surface area contributed by atoms with Crippen LogP contribution in [0, 0.1) is 5.92 Å². The summed E-state index contributed by atoms with van der Waals surface area (Å²) in [6.07, 6.45) is -2.77. The number of hydrogen-bond donors (Lipinski definition) is 6. The van der Waals surface area contributed by atoms with E-state index in [2.05, 4.69) is 14.8 Å². The van der Waals surface area contributed by atoms with E-state index in [9.17, 15) is 42.4 Å². The van der Waals surface area contributed by atoms with Gasteiger partial charge in [0.25, 0.3) is 5.91 Å². The van der Waals surface area contributed by atoms with Crippen LogP contribution in [-0.4, -0.2) is 108 Å². The minimum Gasteiger partial charge on any atom is -0.481 e. The van der Waals surface area contributed by atoms with Crippen molar-refractivity contribution in [3.8, 4) is 5.75 Å². The monoisotopic (exact) mass is 753 g/mol. The largest absolute Gasteiger partial charge is 0.481 e. The van der Waals surface area contributed by atoms with Gasteiger partial charge in [0.15, 0.2) is 6.10 Å². The molecule has 6 N–H and O–H groups in total. The molecule has 52 heavy (non-hydrogen) atoms. The molecule has 2 rings (SSSR count). The molecule has 17 heteroatoms. The van der Waals surface area contributed by atoms with E-state index < -0.39 is 46.9 Å². The van der Waals surface area contributed by atoms with Gasteiger partial charge in [0, 0.05) is 50.8 Å². The van der Waals surface area contributed by atoms with Crippen molar-refractivity contribution in [1.82, 2.24) is 10.2 Å². The van der Waals surface area contributed by atoms with Crippen molar-refractivity contribution in [3.63, 3.8) is 0 Å². The summed E-state index contributed by atoms with van der Waals surface area (Å²) in [7, 11) is -4.16. The maximum absolute atomic E-state index is 12.9. The van der Waals surface area contributed by atoms with Crippen LogP contribution in [-0.2, 0) is 33.7 Å². The fourth-order valence-corrected chi connectivity index (χ4v) is 5.51. The minimum absolute atomic E-state index is 0.0229. The Morgan fingerprint density at radius 1 is 0.865 bits per heavy atom. The first-order chi connectivity index (χ1) is 24.7. The van der Waals surface area contributed by atoms with Crippen LogP contribution >= 0.6 is 0 Å². The molecule has 0 saturated carbocycles. The van der Waals surface area contributed by atoms with Crippen molar-refractivity contribution >= 4 is 39.8 Å². The van der Waals surface area contributed by atoms with Crippen LogP contribution in [0.15, 0.2) is 54.6 Å². The number of aliphatic hydroxyl groups is 2. The number of carbonyl (C=O) groups is 4. The smallest absolute Gasteiger partial charge is 0.397 e. The van der Waals surface area contributed by atoms with Gasteiger partial charge in [-0.05, 0) is 62.6 Å². The van der Waals surface area contributed by atoms with Gasteiger partial charge in [-0.1, -0.05) is 44.4 Å². The Kier molecular flexibility index (Phi) is 19.2. The number of amides is 3. The molecule has 0 aliphatic carbocycles. The molecule has 0 spiro atoms. The molecule has 2 aromatic carbocycles. The highest BCUT2D eigenvalue weighted by Gasteiger charge is 2.42. The SMILES string of the molecule is CCCCC(=O)N(CCCCCCNC(=O)c1ccccc1)CCC(=O)Nc1ccc(OC(OC)C(OS(=O)(=O)O)C(O)C(O)C(C)C(=O)O)cc1. The van der Waals surface area contributed by atoms with Crippen molar-refractivity contribution in [2.24, 2.45) is 5.92 Å². The first-order valence-corrected chi connectivity index (χ1v) is 18.5. The Labute approximate surface area is 304 Å². The van der Waals surface area contributed by atoms with E-state index in [1.807, 2.05) is 25.1 Å². The van der Waals surface area contributed by atoms with Gasteiger partial charge >= 0.3 is 16.4 Å². The number of carbonyl (C=O) groups excluding carboxylic acids is 3. The molecule has 3 amide bonds. The Hall–Kier alpha value is -4.13. The second-order valence-corrected chi connectivity index (χ2v) is 13.2. The Morgan fingerprint density at radius 3 is 2.12 bits per heavy atom. The Balaban J connectivity index is 1.91. The van der Waals surface area contributed by atoms with Crippen LogP contribution in [0.2, 0.25) is 0 Å². The lowest BCUT2D eigenvalue weighted by molar-refractivity contribution is -0.179. The summed E-state index contributed by atoms with van der Waals surface area (Å²) in [5.74, 6) is -3.50. The summed E-state index contributed by atoms with van der Waals surface area (Å²) in [5.41, 5.74) is 0.978. The number of nitrogens with one attached hydrogen (secondary N) is 2. The van der Waals surface area contributed by atoms with E-state index in [1.54, 1.807) is 17.0 Å². The first-order valence-electron chi connectivity index (χ1n) is 17.1. The van der Waals surface area contributed by atoms with Crippen molar-refractivity contribution in [1.29, 1.82) is 0 Å². The molecule has 0 fully saturated rings. The molecule has 0 radical (unpaired) electrons. The molecule has 5 atom stereocenters. The van der Waals surface area contributed by atoms with Gasteiger partial charge in [-0.15, -0.1) is 0 Å². The second kappa shape index (κ2) is 22.7. The minimum atomic E-state index is -5.22. The van der Waals surface area contributed by atoms with Crippen molar-refractivity contribution in [2.45, 2.75) is 89.8 Å². The zero-order chi connectivity index (χ0) is 38.7. The molecule has 0 aliphatic rings. The van der Waals surface area contributed by atoms with Gasteiger partial charge in [0.2, 0.25) is 18.1 Å². The van der Waals surface area contributed by atoms with Gasteiger partial charge in [-0.3, -0.25) is 23.7 Å². The molecule has 0 heterocycles. The number of methoxy groups -OCH3 is 1. The van der Waals surface area contributed by atoms with Crippen molar-refractivity contribution < 1.29 is 61.1 Å². The van der Waals surface area contributed by atoms with Crippen molar-refractivity contribution in [3.05, 3.63) is 60.2 Å². The lowest BCUT2D eigenvalue weighted by atomic mass is 9.96. The Morgan fingerprint density at radius 2 is 1.52 bits per heavy atom. The van der Waals surface area contributed by atoms with Crippen molar-refractivity contribution in [2.75, 3.05) is 32.1 Å². The number of unbranched alkanes of at least 4 members (excludes halogenated alkanes) is 4. The number of anilines is 1. The topological polar surface area (TPSA) is 238 Å². The Bertz CT molecular complexity index is 1510. The van der Waals surface area contributed by atoms with Gasteiger partial charge in [-0.2, -0.15) is 8.42 Å². The normalized spacial score (nSPS) is 14.3. The first kappa shape index (κ1) is 44.0. The molecular weight excluding hydrogens is 702 g/mol. The molecule has 0 aromatic heterocycles. The number of aliphatic hydroxyl groups excluding tert-OH is 2. The van der Waals surface area contributed by atoms with Crippen LogP contribution < -0.4 is 15.4 Å². The number of carboxylic acid groups (broad SMARTS) is 1. The van der Waals surface area contributed by atoms with Crippen LogP contribution in [0.1, 0.15) is 75.6 Å². The van der Waals surface area contributed by atoms with Crippen LogP contribution in [0.3, 0.4) is 0 Å². The van der Waals surface area contributed by atoms with E-state index >= 15 is 0 Å². The number of hydrogen-bond acceptors (Lipinski definition) is 11. The molecule has 0 bridgehead atoms. The summed E-state index contributed by atoms with van der Waals surface area (Å²) in [5, 5.41) is 35.6. The average molecular weight is 754 g/mol.